The van der Waals surface area contributed by atoms with E-state index in [1.165, 1.54) is 0 Å². The third-order valence-electron chi connectivity index (χ3n) is 2.52. The first-order valence-corrected chi connectivity index (χ1v) is 6.19. The van der Waals surface area contributed by atoms with Crippen LogP contribution in [0.25, 0.3) is 11.1 Å². The Morgan fingerprint density at radius 2 is 1.88 bits per heavy atom. The first-order valence-electron chi connectivity index (χ1n) is 5.02. The number of halogens is 2. The molecule has 0 amide bonds. The van der Waals surface area contributed by atoms with Crippen LogP contribution in [0.1, 0.15) is 0 Å². The summed E-state index contributed by atoms with van der Waals surface area (Å²) in [6.45, 7) is 0. The number of para-hydroxylation sites is 1. The van der Waals surface area contributed by atoms with Crippen LogP contribution in [0.4, 0.5) is 5.69 Å². The third kappa shape index (κ3) is 2.26. The van der Waals surface area contributed by atoms with Gasteiger partial charge in [0.05, 0.1) is 17.8 Å². The quantitative estimate of drug-likeness (QED) is 0.836. The molecule has 0 radical (unpaired) electrons. The summed E-state index contributed by atoms with van der Waals surface area (Å²) in [6, 6.07) is 11.3. The molecule has 0 unspecified atom stereocenters. The zero-order valence-electron chi connectivity index (χ0n) is 9.21. The van der Waals surface area contributed by atoms with E-state index in [0.717, 1.165) is 15.6 Å². The van der Waals surface area contributed by atoms with Crippen molar-refractivity contribution in [1.82, 2.24) is 0 Å². The van der Waals surface area contributed by atoms with E-state index in [4.69, 9.17) is 22.1 Å². The van der Waals surface area contributed by atoms with Crippen LogP contribution in [0.3, 0.4) is 0 Å². The highest BCUT2D eigenvalue weighted by Gasteiger charge is 2.13. The minimum atomic E-state index is 0.620. The third-order valence-corrected chi connectivity index (χ3v) is 3.52. The van der Waals surface area contributed by atoms with Crippen molar-refractivity contribution >= 4 is 33.2 Å². The van der Waals surface area contributed by atoms with E-state index < -0.39 is 0 Å². The van der Waals surface area contributed by atoms with Crippen molar-refractivity contribution in [2.75, 3.05) is 12.8 Å². The maximum Gasteiger partial charge on any atom is 0.128 e. The standard InChI is InChI=1S/C13H11BrClNO/c1-17-11-7-3-6-10(15)12(11)8-4-2-5-9(14)13(8)16/h2-7H,16H2,1H3. The van der Waals surface area contributed by atoms with E-state index in [-0.39, 0.29) is 0 Å². The lowest BCUT2D eigenvalue weighted by Crippen LogP contribution is -1.94. The van der Waals surface area contributed by atoms with Gasteiger partial charge < -0.3 is 10.5 Å². The molecule has 17 heavy (non-hydrogen) atoms. The zero-order chi connectivity index (χ0) is 12.4. The average molecular weight is 313 g/mol. The summed E-state index contributed by atoms with van der Waals surface area (Å²) in [6.07, 6.45) is 0. The van der Waals surface area contributed by atoms with Gasteiger partial charge in [0.15, 0.2) is 0 Å². The van der Waals surface area contributed by atoms with Crippen LogP contribution in [0.2, 0.25) is 5.02 Å². The van der Waals surface area contributed by atoms with Gasteiger partial charge in [-0.2, -0.15) is 0 Å². The fourth-order valence-corrected chi connectivity index (χ4v) is 2.32. The van der Waals surface area contributed by atoms with Crippen molar-refractivity contribution in [2.45, 2.75) is 0 Å². The van der Waals surface area contributed by atoms with Gasteiger partial charge in [0, 0.05) is 15.6 Å². The van der Waals surface area contributed by atoms with Crippen molar-refractivity contribution < 1.29 is 4.74 Å². The molecule has 0 bridgehead atoms. The van der Waals surface area contributed by atoms with E-state index in [2.05, 4.69) is 15.9 Å². The molecular formula is C13H11BrClNO. The smallest absolute Gasteiger partial charge is 0.128 e. The predicted octanol–water partition coefficient (Wildman–Crippen LogP) is 4.36. The second kappa shape index (κ2) is 4.98. The number of anilines is 1. The number of nitrogen functional groups attached to an aromatic ring is 1. The van der Waals surface area contributed by atoms with E-state index in [1.54, 1.807) is 7.11 Å². The molecule has 0 saturated heterocycles. The van der Waals surface area contributed by atoms with Crippen LogP contribution in [0.5, 0.6) is 5.75 Å². The summed E-state index contributed by atoms with van der Waals surface area (Å²) in [5.41, 5.74) is 8.38. The van der Waals surface area contributed by atoms with Gasteiger partial charge in [-0.05, 0) is 34.1 Å². The number of benzene rings is 2. The first kappa shape index (κ1) is 12.3. The lowest BCUT2D eigenvalue weighted by Gasteiger charge is -2.13. The molecule has 2 rings (SSSR count). The molecule has 0 aliphatic heterocycles. The highest BCUT2D eigenvalue weighted by molar-refractivity contribution is 9.10. The van der Waals surface area contributed by atoms with Gasteiger partial charge in [-0.1, -0.05) is 29.8 Å². The van der Waals surface area contributed by atoms with E-state index >= 15 is 0 Å². The van der Waals surface area contributed by atoms with Gasteiger partial charge in [-0.25, -0.2) is 0 Å². The van der Waals surface area contributed by atoms with Crippen LogP contribution in [0.15, 0.2) is 40.9 Å². The Labute approximate surface area is 113 Å². The van der Waals surface area contributed by atoms with Gasteiger partial charge in [-0.3, -0.25) is 0 Å². The van der Waals surface area contributed by atoms with Crippen LogP contribution in [0, 0.1) is 0 Å². The molecule has 2 aromatic rings. The molecule has 0 atom stereocenters. The second-order valence-electron chi connectivity index (χ2n) is 3.52. The molecule has 0 heterocycles. The highest BCUT2D eigenvalue weighted by atomic mass is 79.9. The fourth-order valence-electron chi connectivity index (χ4n) is 1.69. The number of ether oxygens (including phenoxy) is 1. The molecule has 2 aromatic carbocycles. The zero-order valence-corrected chi connectivity index (χ0v) is 11.5. The Hall–Kier alpha value is -1.19. The normalized spacial score (nSPS) is 10.3. The maximum atomic E-state index is 6.22. The number of hydrogen-bond acceptors (Lipinski definition) is 2. The molecule has 2 N–H and O–H groups in total. The summed E-state index contributed by atoms with van der Waals surface area (Å²) >= 11 is 9.62. The summed E-state index contributed by atoms with van der Waals surface area (Å²) in [5, 5.41) is 0.620. The van der Waals surface area contributed by atoms with E-state index in [9.17, 15) is 0 Å². The average Bonchev–Trinajstić information content (AvgIpc) is 2.33. The van der Waals surface area contributed by atoms with Gasteiger partial charge in [0.25, 0.3) is 0 Å². The molecule has 0 saturated carbocycles. The Bertz CT molecular complexity index is 557. The molecule has 0 fully saturated rings. The van der Waals surface area contributed by atoms with Gasteiger partial charge in [0.1, 0.15) is 5.75 Å². The monoisotopic (exact) mass is 311 g/mol. The maximum absolute atomic E-state index is 6.22. The number of nitrogens with two attached hydrogens (primary N) is 1. The molecular weight excluding hydrogens is 302 g/mol. The summed E-state index contributed by atoms with van der Waals surface area (Å²) < 4.78 is 6.16. The molecule has 88 valence electrons. The van der Waals surface area contributed by atoms with Crippen LogP contribution >= 0.6 is 27.5 Å². The summed E-state index contributed by atoms with van der Waals surface area (Å²) in [5.74, 6) is 0.710. The van der Waals surface area contributed by atoms with Crippen molar-refractivity contribution in [3.63, 3.8) is 0 Å². The minimum Gasteiger partial charge on any atom is -0.496 e. The van der Waals surface area contributed by atoms with Crippen molar-refractivity contribution in [3.8, 4) is 16.9 Å². The van der Waals surface area contributed by atoms with Gasteiger partial charge >= 0.3 is 0 Å². The van der Waals surface area contributed by atoms with Gasteiger partial charge in [-0.15, -0.1) is 0 Å². The molecule has 0 spiro atoms. The largest absolute Gasteiger partial charge is 0.496 e. The van der Waals surface area contributed by atoms with Crippen molar-refractivity contribution in [2.24, 2.45) is 0 Å². The van der Waals surface area contributed by atoms with Crippen LogP contribution < -0.4 is 10.5 Å². The number of hydrogen-bond donors (Lipinski definition) is 1. The first-order chi connectivity index (χ1) is 8.15. The van der Waals surface area contributed by atoms with Crippen molar-refractivity contribution in [3.05, 3.63) is 45.9 Å². The minimum absolute atomic E-state index is 0.620. The lowest BCUT2D eigenvalue weighted by molar-refractivity contribution is 0.416. The molecule has 2 nitrogen and oxygen atoms in total. The van der Waals surface area contributed by atoms with E-state index in [0.29, 0.717) is 16.5 Å². The Morgan fingerprint density at radius 3 is 2.59 bits per heavy atom. The topological polar surface area (TPSA) is 35.2 Å². The van der Waals surface area contributed by atoms with Crippen LogP contribution in [-0.2, 0) is 0 Å². The summed E-state index contributed by atoms with van der Waals surface area (Å²) in [4.78, 5) is 0. The second-order valence-corrected chi connectivity index (χ2v) is 4.78. The predicted molar refractivity (Wildman–Crippen MR) is 75.6 cm³/mol. The van der Waals surface area contributed by atoms with Crippen molar-refractivity contribution in [1.29, 1.82) is 0 Å². The number of methoxy groups -OCH3 is 1. The Balaban J connectivity index is 2.72. The van der Waals surface area contributed by atoms with Gasteiger partial charge in [0.2, 0.25) is 0 Å². The Kier molecular flexibility index (Phi) is 3.60. The Morgan fingerprint density at radius 1 is 1.18 bits per heavy atom. The number of rotatable bonds is 2. The lowest BCUT2D eigenvalue weighted by atomic mass is 10.0. The molecule has 0 aromatic heterocycles. The van der Waals surface area contributed by atoms with E-state index in [1.807, 2.05) is 36.4 Å². The molecule has 0 aliphatic rings. The SMILES string of the molecule is COc1cccc(Cl)c1-c1cccc(Br)c1N. The van der Waals surface area contributed by atoms with Crippen LogP contribution in [-0.4, -0.2) is 7.11 Å². The molecule has 4 heteroatoms. The summed E-state index contributed by atoms with van der Waals surface area (Å²) in [7, 11) is 1.61. The highest BCUT2D eigenvalue weighted by Crippen LogP contribution is 2.41. The fraction of sp³-hybridized carbons (Fsp3) is 0.0769. The molecule has 0 aliphatic carbocycles.